The number of aromatic nitrogens is 1. The predicted octanol–water partition coefficient (Wildman–Crippen LogP) is 4.50. The van der Waals surface area contributed by atoms with E-state index in [0.29, 0.717) is 12.8 Å². The van der Waals surface area contributed by atoms with E-state index in [1.807, 2.05) is 36.4 Å². The number of hydrogen-bond donors (Lipinski definition) is 2. The maximum absolute atomic E-state index is 14.7. The zero-order chi connectivity index (χ0) is 25.6. The minimum absolute atomic E-state index is 0.00369. The fraction of sp³-hybridized carbons (Fsp3) is 0.333. The molecule has 7 nitrogen and oxygen atoms in total. The molecule has 1 amide bonds. The summed E-state index contributed by atoms with van der Waals surface area (Å²) in [5, 5.41) is 4.25. The van der Waals surface area contributed by atoms with Crippen LogP contribution < -0.4 is 11.1 Å². The number of amides is 1. The van der Waals surface area contributed by atoms with Crippen molar-refractivity contribution in [3.63, 3.8) is 0 Å². The summed E-state index contributed by atoms with van der Waals surface area (Å²) < 4.78 is 55.1. The zero-order valence-electron chi connectivity index (χ0n) is 19.4. The fourth-order valence-electron chi connectivity index (χ4n) is 3.70. The highest BCUT2D eigenvalue weighted by Crippen LogP contribution is 2.27. The van der Waals surface area contributed by atoms with Gasteiger partial charge in [0.1, 0.15) is 17.3 Å². The van der Waals surface area contributed by atoms with Crippen LogP contribution in [0.3, 0.4) is 0 Å². The second kappa shape index (κ2) is 11.7. The van der Waals surface area contributed by atoms with E-state index in [4.69, 9.17) is 5.73 Å². The Labute approximate surface area is 208 Å². The van der Waals surface area contributed by atoms with Crippen LogP contribution >= 0.6 is 11.3 Å². The molecule has 3 N–H and O–H groups in total. The van der Waals surface area contributed by atoms with E-state index in [1.54, 1.807) is 6.92 Å². The minimum Gasteiger partial charge on any atom is -0.375 e. The first-order valence-electron chi connectivity index (χ1n) is 11.1. The van der Waals surface area contributed by atoms with Gasteiger partial charge in [-0.15, -0.1) is 11.3 Å². The number of nitrogens with zero attached hydrogens (tertiary/aromatic N) is 2. The fourth-order valence-corrected chi connectivity index (χ4v) is 6.00. The number of benzene rings is 2. The number of rotatable bonds is 5. The van der Waals surface area contributed by atoms with Gasteiger partial charge in [0.25, 0.3) is 5.91 Å². The van der Waals surface area contributed by atoms with Crippen LogP contribution in [0.4, 0.5) is 13.9 Å². The minimum atomic E-state index is -3.50. The summed E-state index contributed by atoms with van der Waals surface area (Å²) in [6.07, 6.45) is 1.23. The Morgan fingerprint density at radius 3 is 2.37 bits per heavy atom. The van der Waals surface area contributed by atoms with Crippen molar-refractivity contribution in [2.24, 2.45) is 0 Å². The van der Waals surface area contributed by atoms with Gasteiger partial charge in [-0.3, -0.25) is 4.79 Å². The van der Waals surface area contributed by atoms with Crippen molar-refractivity contribution < 1.29 is 22.0 Å². The molecule has 35 heavy (non-hydrogen) atoms. The van der Waals surface area contributed by atoms with E-state index in [2.05, 4.69) is 10.3 Å². The van der Waals surface area contributed by atoms with Crippen LogP contribution in [0.5, 0.6) is 0 Å². The lowest BCUT2D eigenvalue weighted by Crippen LogP contribution is -2.43. The molecule has 0 radical (unpaired) electrons. The number of carbonyl (C=O) groups is 1. The molecule has 1 aromatic heterocycles. The van der Waals surface area contributed by atoms with E-state index < -0.39 is 33.6 Å². The van der Waals surface area contributed by atoms with Crippen LogP contribution in [0.25, 0.3) is 0 Å². The lowest BCUT2D eigenvalue weighted by Gasteiger charge is -2.32. The van der Waals surface area contributed by atoms with Gasteiger partial charge < -0.3 is 11.1 Å². The SMILES string of the molecule is CC(NC(=O)c1csc(N)n1)c1cc(F)c(CN2C(C)CCCS2(=O)=O)cc1F.c1ccccc1. The Morgan fingerprint density at radius 1 is 1.20 bits per heavy atom. The number of carbonyl (C=O) groups excluding carboxylic acids is 1. The molecule has 2 heterocycles. The topological polar surface area (TPSA) is 105 Å². The second-order valence-electron chi connectivity index (χ2n) is 8.24. The molecule has 2 aromatic carbocycles. The quantitative estimate of drug-likeness (QED) is 0.514. The highest BCUT2D eigenvalue weighted by molar-refractivity contribution is 7.89. The smallest absolute Gasteiger partial charge is 0.271 e. The van der Waals surface area contributed by atoms with Gasteiger partial charge in [0.2, 0.25) is 10.0 Å². The molecular weight excluding hydrogens is 494 g/mol. The lowest BCUT2D eigenvalue weighted by molar-refractivity contribution is 0.0935. The van der Waals surface area contributed by atoms with Crippen LogP contribution in [0.15, 0.2) is 53.9 Å². The standard InChI is InChI=1S/C18H22F2N4O3S2.C6H6/c1-10-4-3-5-29(26,27)24(10)8-12-6-15(20)13(7-14(12)19)11(2)22-17(25)16-9-28-18(21)23-16;1-2-4-6-5-3-1/h6-7,9-11H,3-5,8H2,1-2H3,(H2,21,23)(H,22,25);1-6H. The van der Waals surface area contributed by atoms with Crippen molar-refractivity contribution in [3.05, 3.63) is 82.4 Å². The molecule has 1 fully saturated rings. The average molecular weight is 523 g/mol. The van der Waals surface area contributed by atoms with Crippen LogP contribution in [0.1, 0.15) is 54.3 Å². The van der Waals surface area contributed by atoms with Gasteiger partial charge in [-0.25, -0.2) is 22.2 Å². The van der Waals surface area contributed by atoms with Crippen LogP contribution in [0, 0.1) is 11.6 Å². The van der Waals surface area contributed by atoms with Crippen molar-refractivity contribution in [1.29, 1.82) is 0 Å². The summed E-state index contributed by atoms with van der Waals surface area (Å²) in [6, 6.07) is 12.9. The largest absolute Gasteiger partial charge is 0.375 e. The molecule has 188 valence electrons. The van der Waals surface area contributed by atoms with Gasteiger partial charge in [-0.1, -0.05) is 36.4 Å². The van der Waals surface area contributed by atoms with Gasteiger partial charge in [0, 0.05) is 29.1 Å². The Hall–Kier alpha value is -2.89. The molecule has 2 unspecified atom stereocenters. The van der Waals surface area contributed by atoms with Gasteiger partial charge in [-0.05, 0) is 38.8 Å². The Bertz CT molecular complexity index is 1230. The van der Waals surface area contributed by atoms with Crippen LogP contribution in [0.2, 0.25) is 0 Å². The first-order valence-corrected chi connectivity index (χ1v) is 13.6. The molecule has 4 rings (SSSR count). The first-order chi connectivity index (χ1) is 16.6. The second-order valence-corrected chi connectivity index (χ2v) is 11.2. The maximum atomic E-state index is 14.7. The highest BCUT2D eigenvalue weighted by Gasteiger charge is 2.32. The number of nitrogens with one attached hydrogen (secondary N) is 1. The molecule has 0 spiro atoms. The number of nitrogens with two attached hydrogens (primary N) is 1. The molecule has 0 bridgehead atoms. The monoisotopic (exact) mass is 522 g/mol. The third-order valence-corrected chi connectivity index (χ3v) is 8.28. The number of thiazole rings is 1. The highest BCUT2D eigenvalue weighted by atomic mass is 32.2. The molecule has 1 saturated heterocycles. The molecule has 1 aliphatic heterocycles. The molecule has 11 heteroatoms. The van der Waals surface area contributed by atoms with E-state index >= 15 is 0 Å². The Balaban J connectivity index is 0.000000497. The van der Waals surface area contributed by atoms with Crippen LogP contribution in [-0.4, -0.2) is 35.4 Å². The summed E-state index contributed by atoms with van der Waals surface area (Å²) in [6.45, 7) is 3.04. The van der Waals surface area contributed by atoms with Gasteiger partial charge in [0.05, 0.1) is 11.8 Å². The summed E-state index contributed by atoms with van der Waals surface area (Å²) in [5.74, 6) is -2.01. The third-order valence-electron chi connectivity index (χ3n) is 5.60. The Kier molecular flexibility index (Phi) is 8.92. The van der Waals surface area contributed by atoms with Gasteiger partial charge in [0.15, 0.2) is 5.13 Å². The van der Waals surface area contributed by atoms with E-state index in [9.17, 15) is 22.0 Å². The van der Waals surface area contributed by atoms with Gasteiger partial charge >= 0.3 is 0 Å². The van der Waals surface area contributed by atoms with Crippen LogP contribution in [-0.2, 0) is 16.6 Å². The molecule has 0 saturated carbocycles. The van der Waals surface area contributed by atoms with E-state index in [0.717, 1.165) is 23.5 Å². The van der Waals surface area contributed by atoms with Crippen molar-refractivity contribution in [3.8, 4) is 0 Å². The van der Waals surface area contributed by atoms with Crippen molar-refractivity contribution in [1.82, 2.24) is 14.6 Å². The Morgan fingerprint density at radius 2 is 1.83 bits per heavy atom. The van der Waals surface area contributed by atoms with Crippen molar-refractivity contribution >= 4 is 32.4 Å². The predicted molar refractivity (Wildman–Crippen MR) is 133 cm³/mol. The molecule has 2 atom stereocenters. The lowest BCUT2D eigenvalue weighted by atomic mass is 10.0. The zero-order valence-corrected chi connectivity index (χ0v) is 21.1. The first kappa shape index (κ1) is 26.7. The van der Waals surface area contributed by atoms with Crippen molar-refractivity contribution in [2.75, 3.05) is 11.5 Å². The molecule has 3 aromatic rings. The maximum Gasteiger partial charge on any atom is 0.271 e. The number of sulfonamides is 1. The molecule has 1 aliphatic rings. The third kappa shape index (κ3) is 7.06. The normalized spacial score (nSPS) is 18.2. The summed E-state index contributed by atoms with van der Waals surface area (Å²) in [4.78, 5) is 16.0. The number of hydrogen-bond acceptors (Lipinski definition) is 6. The summed E-state index contributed by atoms with van der Waals surface area (Å²) >= 11 is 1.10. The molecular formula is C24H28F2N4O3S2. The van der Waals surface area contributed by atoms with E-state index in [1.165, 1.54) is 16.6 Å². The molecule has 0 aliphatic carbocycles. The summed E-state index contributed by atoms with van der Waals surface area (Å²) in [7, 11) is -3.50. The average Bonchev–Trinajstić information content (AvgIpc) is 3.26. The van der Waals surface area contributed by atoms with Crippen molar-refractivity contribution in [2.45, 2.75) is 45.3 Å². The number of anilines is 1. The van der Waals surface area contributed by atoms with Gasteiger partial charge in [-0.2, -0.15) is 4.31 Å². The number of halogens is 2. The van der Waals surface area contributed by atoms with E-state index in [-0.39, 0.29) is 40.3 Å². The summed E-state index contributed by atoms with van der Waals surface area (Å²) in [5.41, 5.74) is 5.50. The number of nitrogen functional groups attached to an aromatic ring is 1.